The molecule has 0 saturated carbocycles. The number of likely N-dealkylation sites (N-methyl/N-ethyl adjacent to an activating group) is 1. The molecule has 1 aromatic rings. The topological polar surface area (TPSA) is 69.6 Å². The molecule has 5 nitrogen and oxygen atoms in total. The molecule has 0 aliphatic heterocycles. The van der Waals surface area contributed by atoms with Gasteiger partial charge in [-0.05, 0) is 25.5 Å². The smallest absolute Gasteiger partial charge is 0.338 e. The van der Waals surface area contributed by atoms with Crippen molar-refractivity contribution < 1.29 is 14.7 Å². The van der Waals surface area contributed by atoms with Gasteiger partial charge in [-0.1, -0.05) is 0 Å². The fraction of sp³-hybridized carbons (Fsp3) is 0.333. The van der Waals surface area contributed by atoms with E-state index in [9.17, 15) is 9.59 Å². The van der Waals surface area contributed by atoms with E-state index >= 15 is 0 Å². The van der Waals surface area contributed by atoms with Crippen LogP contribution in [0.2, 0.25) is 0 Å². The van der Waals surface area contributed by atoms with Crippen molar-refractivity contribution in [2.45, 2.75) is 0 Å². The van der Waals surface area contributed by atoms with E-state index in [0.29, 0.717) is 5.00 Å². The van der Waals surface area contributed by atoms with Gasteiger partial charge >= 0.3 is 5.97 Å². The van der Waals surface area contributed by atoms with Gasteiger partial charge in [0.25, 0.3) is 0 Å². The van der Waals surface area contributed by atoms with Crippen LogP contribution in [-0.2, 0) is 4.79 Å². The summed E-state index contributed by atoms with van der Waals surface area (Å²) in [5.41, 5.74) is 0.132. The van der Waals surface area contributed by atoms with Crippen molar-refractivity contribution in [3.63, 3.8) is 0 Å². The maximum absolute atomic E-state index is 11.4. The molecule has 0 unspecified atom stereocenters. The number of nitrogens with zero attached hydrogens (tertiary/aromatic N) is 1. The van der Waals surface area contributed by atoms with Crippen LogP contribution in [0.15, 0.2) is 11.4 Å². The number of thiophene rings is 1. The molecule has 1 aromatic heterocycles. The second-order valence-corrected chi connectivity index (χ2v) is 4.17. The number of amides is 1. The van der Waals surface area contributed by atoms with Crippen LogP contribution >= 0.6 is 11.3 Å². The summed E-state index contributed by atoms with van der Waals surface area (Å²) in [6, 6.07) is 1.47. The van der Waals surface area contributed by atoms with Crippen LogP contribution in [0.25, 0.3) is 0 Å². The number of rotatable bonds is 4. The first-order valence-corrected chi connectivity index (χ1v) is 5.14. The van der Waals surface area contributed by atoms with Crippen LogP contribution in [-0.4, -0.2) is 42.5 Å². The third-order valence-electron chi connectivity index (χ3n) is 1.61. The molecular formula is C9H12N2O3S. The van der Waals surface area contributed by atoms with Gasteiger partial charge in [-0.15, -0.1) is 11.3 Å². The number of hydrogen-bond acceptors (Lipinski definition) is 4. The van der Waals surface area contributed by atoms with Gasteiger partial charge in [0, 0.05) is 0 Å². The minimum Gasteiger partial charge on any atom is -0.478 e. The minimum absolute atomic E-state index is 0.132. The standard InChI is InChI=1S/C9H12N2O3S/c1-11(2)5-7(12)10-8-6(9(13)14)3-4-15-8/h3-4H,5H2,1-2H3,(H,10,12)(H,13,14). The molecule has 1 amide bonds. The highest BCUT2D eigenvalue weighted by molar-refractivity contribution is 7.14. The Morgan fingerprint density at radius 3 is 2.73 bits per heavy atom. The second-order valence-electron chi connectivity index (χ2n) is 3.25. The van der Waals surface area contributed by atoms with Gasteiger partial charge in [0.05, 0.1) is 12.1 Å². The van der Waals surface area contributed by atoms with Crippen LogP contribution in [0.5, 0.6) is 0 Å². The molecule has 0 bridgehead atoms. The van der Waals surface area contributed by atoms with Gasteiger partial charge in [0.15, 0.2) is 0 Å². The summed E-state index contributed by atoms with van der Waals surface area (Å²) in [5, 5.41) is 13.4. The third-order valence-corrected chi connectivity index (χ3v) is 2.44. The van der Waals surface area contributed by atoms with Gasteiger partial charge in [0.2, 0.25) is 5.91 Å². The van der Waals surface area contributed by atoms with Crippen molar-refractivity contribution in [1.29, 1.82) is 0 Å². The number of carbonyl (C=O) groups is 2. The Morgan fingerprint density at radius 2 is 2.20 bits per heavy atom. The predicted molar refractivity (Wildman–Crippen MR) is 58.5 cm³/mol. The molecule has 0 fully saturated rings. The molecule has 0 aliphatic carbocycles. The van der Waals surface area contributed by atoms with E-state index < -0.39 is 5.97 Å². The number of aromatic carboxylic acids is 1. The molecule has 1 rings (SSSR count). The van der Waals surface area contributed by atoms with E-state index in [2.05, 4.69) is 5.32 Å². The van der Waals surface area contributed by atoms with Gasteiger partial charge in [-0.3, -0.25) is 4.79 Å². The predicted octanol–water partition coefficient (Wildman–Crippen LogP) is 0.946. The van der Waals surface area contributed by atoms with E-state index in [1.54, 1.807) is 24.4 Å². The van der Waals surface area contributed by atoms with E-state index in [-0.39, 0.29) is 18.0 Å². The molecule has 6 heteroatoms. The molecule has 0 aliphatic rings. The first-order valence-electron chi connectivity index (χ1n) is 4.26. The summed E-state index contributed by atoms with van der Waals surface area (Å²) < 4.78 is 0. The average molecular weight is 228 g/mol. The normalized spacial score (nSPS) is 10.3. The second kappa shape index (κ2) is 4.90. The molecule has 2 N–H and O–H groups in total. The molecule has 0 radical (unpaired) electrons. The Kier molecular flexibility index (Phi) is 3.81. The lowest BCUT2D eigenvalue weighted by molar-refractivity contribution is -0.116. The van der Waals surface area contributed by atoms with Crippen LogP contribution < -0.4 is 5.32 Å². The molecule has 0 saturated heterocycles. The molecule has 0 atom stereocenters. The van der Waals surface area contributed by atoms with Crippen molar-refractivity contribution in [1.82, 2.24) is 4.90 Å². The number of nitrogens with one attached hydrogen (secondary N) is 1. The van der Waals surface area contributed by atoms with Crippen molar-refractivity contribution in [2.75, 3.05) is 26.0 Å². The van der Waals surface area contributed by atoms with Gasteiger partial charge in [-0.25, -0.2) is 4.79 Å². The van der Waals surface area contributed by atoms with Crippen LogP contribution in [0.1, 0.15) is 10.4 Å². The fourth-order valence-corrected chi connectivity index (χ4v) is 1.82. The fourth-order valence-electron chi connectivity index (χ4n) is 1.03. The van der Waals surface area contributed by atoms with Crippen molar-refractivity contribution >= 4 is 28.2 Å². The molecule has 0 spiro atoms. The maximum Gasteiger partial charge on any atom is 0.338 e. The summed E-state index contributed by atoms with van der Waals surface area (Å²) in [5.74, 6) is -1.25. The van der Waals surface area contributed by atoms with E-state index in [0.717, 1.165) is 0 Å². The molecular weight excluding hydrogens is 216 g/mol. The first-order chi connectivity index (χ1) is 7.00. The lowest BCUT2D eigenvalue weighted by atomic mass is 10.3. The highest BCUT2D eigenvalue weighted by Crippen LogP contribution is 2.22. The number of carboxylic acid groups (broad SMARTS) is 1. The van der Waals surface area contributed by atoms with Gasteiger partial charge < -0.3 is 15.3 Å². The van der Waals surface area contributed by atoms with Crippen molar-refractivity contribution in [2.24, 2.45) is 0 Å². The van der Waals surface area contributed by atoms with E-state index in [4.69, 9.17) is 5.11 Å². The third kappa shape index (κ3) is 3.34. The summed E-state index contributed by atoms with van der Waals surface area (Å²) in [6.45, 7) is 0.233. The Balaban J connectivity index is 2.68. The number of hydrogen-bond donors (Lipinski definition) is 2. The Hall–Kier alpha value is -1.40. The molecule has 82 valence electrons. The maximum atomic E-state index is 11.4. The van der Waals surface area contributed by atoms with Crippen LogP contribution in [0.3, 0.4) is 0 Å². The zero-order chi connectivity index (χ0) is 11.4. The SMILES string of the molecule is CN(C)CC(=O)Nc1sccc1C(=O)O. The number of carbonyl (C=O) groups excluding carboxylic acids is 1. The first kappa shape index (κ1) is 11.7. The van der Waals surface area contributed by atoms with E-state index in [1.165, 1.54) is 17.4 Å². The van der Waals surface area contributed by atoms with E-state index in [1.807, 2.05) is 0 Å². The minimum atomic E-state index is -1.03. The Bertz CT molecular complexity index is 373. The Morgan fingerprint density at radius 1 is 1.53 bits per heavy atom. The summed E-state index contributed by atoms with van der Waals surface area (Å²) in [7, 11) is 3.54. The monoisotopic (exact) mass is 228 g/mol. The number of anilines is 1. The zero-order valence-corrected chi connectivity index (χ0v) is 9.30. The lowest BCUT2D eigenvalue weighted by Crippen LogP contribution is -2.27. The van der Waals surface area contributed by atoms with Crippen LogP contribution in [0, 0.1) is 0 Å². The van der Waals surface area contributed by atoms with Gasteiger partial charge in [0.1, 0.15) is 5.00 Å². The van der Waals surface area contributed by atoms with Crippen LogP contribution in [0.4, 0.5) is 5.00 Å². The van der Waals surface area contributed by atoms with Gasteiger partial charge in [-0.2, -0.15) is 0 Å². The summed E-state index contributed by atoms with van der Waals surface area (Å²) >= 11 is 1.20. The molecule has 1 heterocycles. The molecule has 15 heavy (non-hydrogen) atoms. The highest BCUT2D eigenvalue weighted by atomic mass is 32.1. The highest BCUT2D eigenvalue weighted by Gasteiger charge is 2.13. The lowest BCUT2D eigenvalue weighted by Gasteiger charge is -2.09. The number of carboxylic acids is 1. The van der Waals surface area contributed by atoms with Crippen molar-refractivity contribution in [3.8, 4) is 0 Å². The summed E-state index contributed by atoms with van der Waals surface area (Å²) in [6.07, 6.45) is 0. The van der Waals surface area contributed by atoms with Crippen molar-refractivity contribution in [3.05, 3.63) is 17.0 Å². The largest absolute Gasteiger partial charge is 0.478 e. The quantitative estimate of drug-likeness (QED) is 0.805. The summed E-state index contributed by atoms with van der Waals surface area (Å²) in [4.78, 5) is 23.8. The molecule has 0 aromatic carbocycles. The zero-order valence-electron chi connectivity index (χ0n) is 8.48. The average Bonchev–Trinajstić information content (AvgIpc) is 2.50. The Labute approximate surface area is 91.3 Å².